The van der Waals surface area contributed by atoms with E-state index >= 15 is 0 Å². The molecule has 4 unspecified atom stereocenters. The maximum Gasteiger partial charge on any atom is 0.407 e. The molecule has 0 aliphatic carbocycles. The third kappa shape index (κ3) is 11.2. The van der Waals surface area contributed by atoms with Gasteiger partial charge in [-0.1, -0.05) is 56.3 Å². The highest BCUT2D eigenvalue weighted by atomic mass is 16.5. The molecule has 2 fully saturated rings. The van der Waals surface area contributed by atoms with Gasteiger partial charge < -0.3 is 58.8 Å². The number of aromatic amines is 2. The number of carbonyl (C=O) groups is 4. The molecule has 4 heterocycles. The number of alkyl carbamates (subject to hydrolysis) is 2. The van der Waals surface area contributed by atoms with Crippen LogP contribution in [0.25, 0.3) is 33.6 Å². The van der Waals surface area contributed by atoms with Gasteiger partial charge in [-0.3, -0.25) is 9.59 Å². The van der Waals surface area contributed by atoms with Crippen LogP contribution in [-0.4, -0.2) is 128 Å². The molecule has 0 bridgehead atoms. The molecule has 4 amide bonds. The lowest BCUT2D eigenvalue weighted by Gasteiger charge is -2.30. The zero-order valence-corrected chi connectivity index (χ0v) is 38.8. The minimum absolute atomic E-state index is 0.152. The molecule has 2 aliphatic heterocycles. The number of nitrogens with one attached hydrogen (secondary N) is 4. The highest BCUT2D eigenvalue weighted by Crippen LogP contribution is 2.42. The number of carbonyl (C=O) groups excluding carboxylic acids is 4. The van der Waals surface area contributed by atoms with Gasteiger partial charge >= 0.3 is 12.2 Å². The van der Waals surface area contributed by atoms with E-state index in [0.717, 1.165) is 52.9 Å². The third-order valence-electron chi connectivity index (χ3n) is 12.1. The Kier molecular flexibility index (Phi) is 16.1. The molecule has 18 nitrogen and oxygen atoms in total. The largest absolute Gasteiger partial charge is 0.491 e. The van der Waals surface area contributed by atoms with Crippen molar-refractivity contribution in [1.82, 2.24) is 40.4 Å². The SMILES string of the molecule is COCCOc1cc(-c2cnc(C3CCCN3C(=O)C(NC(=O)OC)c3ccccc3)[nH]2)ccc1-c1ccc(-c2cnc(C3CCCN3C(=O)C(NC(=O)OC)C(C)C)[nH]2)cc1OCCOC. The zero-order valence-electron chi connectivity index (χ0n) is 38.8. The third-order valence-corrected chi connectivity index (χ3v) is 12.1. The van der Waals surface area contributed by atoms with Gasteiger partial charge in [0.15, 0.2) is 0 Å². The predicted octanol–water partition coefficient (Wildman–Crippen LogP) is 6.99. The van der Waals surface area contributed by atoms with Crippen molar-refractivity contribution in [3.05, 3.63) is 96.3 Å². The number of hydrogen-bond acceptors (Lipinski definition) is 12. The first-order chi connectivity index (χ1) is 32.5. The minimum atomic E-state index is -0.931. The van der Waals surface area contributed by atoms with Crippen LogP contribution >= 0.6 is 0 Å². The standard InChI is InChI=1S/C49H60N8O10/c1-30(2)42(54-48(60)64-5)46(58)56-20-10-14-38(56)44-50-28-36(52-44)32-16-18-34(40(26-32)66-24-22-62-3)35-19-17-33(27-41(35)67-25-23-63-4)37-29-51-45(53-37)39-15-11-21-57(39)47(59)43(55-49(61)65-6)31-12-8-7-9-13-31/h7-9,12-13,16-19,26-30,38-39,42-43H,10-11,14-15,20-25H2,1-6H3,(H,50,52)(H,51,53)(H,54,60)(H,55,61). The summed E-state index contributed by atoms with van der Waals surface area (Å²) in [4.78, 5) is 72.3. The number of methoxy groups -OCH3 is 4. The molecule has 2 saturated heterocycles. The summed E-state index contributed by atoms with van der Waals surface area (Å²) in [5.74, 6) is 1.87. The molecule has 0 saturated carbocycles. The lowest BCUT2D eigenvalue weighted by molar-refractivity contribution is -0.135. The van der Waals surface area contributed by atoms with Crippen molar-refractivity contribution in [3.8, 4) is 45.1 Å². The van der Waals surface area contributed by atoms with Crippen LogP contribution in [0.5, 0.6) is 11.5 Å². The monoisotopic (exact) mass is 920 g/mol. The molecule has 0 radical (unpaired) electrons. The first kappa shape index (κ1) is 48.0. The second-order valence-corrected chi connectivity index (χ2v) is 16.7. The molecule has 18 heteroatoms. The summed E-state index contributed by atoms with van der Waals surface area (Å²) in [5.41, 5.74) is 5.31. The van der Waals surface area contributed by atoms with Gasteiger partial charge in [-0.05, 0) is 61.4 Å². The van der Waals surface area contributed by atoms with Crippen molar-refractivity contribution in [2.24, 2.45) is 5.92 Å². The Morgan fingerprint density at radius 1 is 0.657 bits per heavy atom. The fourth-order valence-corrected chi connectivity index (χ4v) is 8.62. The topological polar surface area (TPSA) is 212 Å². The Labute approximate surface area is 390 Å². The number of amides is 4. The van der Waals surface area contributed by atoms with E-state index in [1.807, 2.05) is 68.4 Å². The van der Waals surface area contributed by atoms with Gasteiger partial charge in [0.25, 0.3) is 5.91 Å². The lowest BCUT2D eigenvalue weighted by Crippen LogP contribution is -2.51. The smallest absolute Gasteiger partial charge is 0.407 e. The molecule has 4 atom stereocenters. The summed E-state index contributed by atoms with van der Waals surface area (Å²) >= 11 is 0. The molecule has 4 N–H and O–H groups in total. The number of aromatic nitrogens is 4. The van der Waals surface area contributed by atoms with Crippen LogP contribution in [0.4, 0.5) is 9.59 Å². The van der Waals surface area contributed by atoms with E-state index in [4.69, 9.17) is 38.4 Å². The van der Waals surface area contributed by atoms with Gasteiger partial charge in [0.1, 0.15) is 48.4 Å². The fourth-order valence-electron chi connectivity index (χ4n) is 8.62. The molecule has 5 aromatic rings. The van der Waals surface area contributed by atoms with E-state index in [1.165, 1.54) is 14.2 Å². The summed E-state index contributed by atoms with van der Waals surface area (Å²) in [6.07, 6.45) is 5.13. The Balaban J connectivity index is 1.15. The van der Waals surface area contributed by atoms with Crippen molar-refractivity contribution in [3.63, 3.8) is 0 Å². The summed E-state index contributed by atoms with van der Waals surface area (Å²) < 4.78 is 33.1. The molecule has 0 spiro atoms. The summed E-state index contributed by atoms with van der Waals surface area (Å²) in [6, 6.07) is 18.6. The zero-order chi connectivity index (χ0) is 47.5. The maximum absolute atomic E-state index is 14.1. The molecule has 7 rings (SSSR count). The van der Waals surface area contributed by atoms with Crippen LogP contribution in [-0.2, 0) is 28.5 Å². The molecule has 356 valence electrons. The van der Waals surface area contributed by atoms with Gasteiger partial charge in [-0.2, -0.15) is 0 Å². The number of nitrogens with zero attached hydrogens (tertiary/aromatic N) is 4. The normalized spacial score (nSPS) is 16.7. The number of H-pyrrole nitrogens is 2. The molecular weight excluding hydrogens is 861 g/mol. The van der Waals surface area contributed by atoms with Crippen LogP contribution in [0.2, 0.25) is 0 Å². The molecule has 3 aromatic carbocycles. The number of hydrogen-bond donors (Lipinski definition) is 4. The van der Waals surface area contributed by atoms with Gasteiger partial charge in [-0.15, -0.1) is 0 Å². The van der Waals surface area contributed by atoms with Crippen molar-refractivity contribution < 1.29 is 47.6 Å². The Morgan fingerprint density at radius 3 is 1.63 bits per heavy atom. The summed E-state index contributed by atoms with van der Waals surface area (Å²) in [6.45, 7) is 6.12. The first-order valence-corrected chi connectivity index (χ1v) is 22.5. The highest BCUT2D eigenvalue weighted by Gasteiger charge is 2.39. The van der Waals surface area contributed by atoms with Crippen LogP contribution < -0.4 is 20.1 Å². The average molecular weight is 921 g/mol. The quantitative estimate of drug-likeness (QED) is 0.0618. The van der Waals surface area contributed by atoms with E-state index in [0.29, 0.717) is 61.4 Å². The van der Waals surface area contributed by atoms with Crippen molar-refractivity contribution in [2.75, 3.05) is 68.0 Å². The molecule has 2 aromatic heterocycles. The van der Waals surface area contributed by atoms with Crippen LogP contribution in [0.3, 0.4) is 0 Å². The Bertz CT molecular complexity index is 2470. The second kappa shape index (κ2) is 22.5. The van der Waals surface area contributed by atoms with Gasteiger partial charge in [0, 0.05) is 49.6 Å². The summed E-state index contributed by atoms with van der Waals surface area (Å²) in [5, 5.41) is 5.42. The number of imidazole rings is 2. The van der Waals surface area contributed by atoms with E-state index in [-0.39, 0.29) is 43.0 Å². The number of ether oxygens (including phenoxy) is 6. The van der Waals surface area contributed by atoms with Crippen molar-refractivity contribution in [1.29, 1.82) is 0 Å². The molecule has 2 aliphatic rings. The Morgan fingerprint density at radius 2 is 1.15 bits per heavy atom. The van der Waals surface area contributed by atoms with E-state index in [2.05, 4.69) is 20.6 Å². The van der Waals surface area contributed by atoms with E-state index in [9.17, 15) is 19.2 Å². The fraction of sp³-hybridized carbons (Fsp3) is 0.429. The van der Waals surface area contributed by atoms with Crippen LogP contribution in [0.15, 0.2) is 79.1 Å². The highest BCUT2D eigenvalue weighted by molar-refractivity contribution is 5.88. The van der Waals surface area contributed by atoms with E-state index < -0.39 is 24.3 Å². The molecule has 67 heavy (non-hydrogen) atoms. The van der Waals surface area contributed by atoms with Crippen molar-refractivity contribution in [2.45, 2.75) is 63.7 Å². The average Bonchev–Trinajstić information content (AvgIpc) is 4.20. The minimum Gasteiger partial charge on any atom is -0.491 e. The second-order valence-electron chi connectivity index (χ2n) is 16.7. The number of rotatable bonds is 19. The Hall–Kier alpha value is -6.92. The van der Waals surface area contributed by atoms with Crippen molar-refractivity contribution >= 4 is 24.0 Å². The van der Waals surface area contributed by atoms with E-state index in [1.54, 1.807) is 48.5 Å². The maximum atomic E-state index is 14.1. The first-order valence-electron chi connectivity index (χ1n) is 22.5. The van der Waals surface area contributed by atoms with Gasteiger partial charge in [0.05, 0.1) is 63.3 Å². The van der Waals surface area contributed by atoms with Crippen LogP contribution in [0, 0.1) is 5.92 Å². The van der Waals surface area contributed by atoms with Gasteiger partial charge in [-0.25, -0.2) is 19.6 Å². The van der Waals surface area contributed by atoms with Gasteiger partial charge in [0.2, 0.25) is 5.91 Å². The number of benzene rings is 3. The molecular formula is C49H60N8O10. The predicted molar refractivity (Wildman–Crippen MR) is 248 cm³/mol. The summed E-state index contributed by atoms with van der Waals surface area (Å²) in [7, 11) is 5.78. The van der Waals surface area contributed by atoms with Crippen LogP contribution in [0.1, 0.15) is 74.9 Å². The lowest BCUT2D eigenvalue weighted by atomic mass is 9.98. The number of likely N-dealkylation sites (tertiary alicyclic amines) is 2.